The molecule has 1 N–H and O–H groups in total. The average Bonchev–Trinajstić information content (AvgIpc) is 2.81. The molecule has 1 atom stereocenters. The molecule has 1 aliphatic carbocycles. The number of nitrogens with one attached hydrogen (secondary N) is 1. The predicted octanol–water partition coefficient (Wildman–Crippen LogP) is 3.37. The minimum Gasteiger partial charge on any atom is -0.351 e. The van der Waals surface area contributed by atoms with Gasteiger partial charge >= 0.3 is 0 Å². The quantitative estimate of drug-likeness (QED) is 0.856. The molecule has 2 rings (SSSR count). The summed E-state index contributed by atoms with van der Waals surface area (Å²) in [5, 5.41) is 4.86. The molecule has 0 amide bonds. The Labute approximate surface area is 115 Å². The first-order valence-electron chi connectivity index (χ1n) is 7.20. The monoisotopic (exact) mass is 267 g/mol. The van der Waals surface area contributed by atoms with Crippen LogP contribution in [0.1, 0.15) is 56.1 Å². The Morgan fingerprint density at radius 3 is 2.94 bits per heavy atom. The van der Waals surface area contributed by atoms with Gasteiger partial charge < -0.3 is 10.2 Å². The van der Waals surface area contributed by atoms with Crippen LogP contribution in [0.4, 0.5) is 5.13 Å². The van der Waals surface area contributed by atoms with E-state index in [1.807, 2.05) is 11.3 Å². The zero-order chi connectivity index (χ0) is 13.0. The Morgan fingerprint density at radius 1 is 1.39 bits per heavy atom. The van der Waals surface area contributed by atoms with Crippen molar-refractivity contribution >= 4 is 16.5 Å². The molecule has 1 heterocycles. The summed E-state index contributed by atoms with van der Waals surface area (Å²) in [6.07, 6.45) is 6.09. The number of aromatic nitrogens is 1. The van der Waals surface area contributed by atoms with Crippen LogP contribution < -0.4 is 10.2 Å². The number of fused-ring (bicyclic) bond motifs is 1. The second-order valence-corrected chi connectivity index (χ2v) is 6.14. The van der Waals surface area contributed by atoms with Crippen LogP contribution in [0.15, 0.2) is 0 Å². The molecule has 0 spiro atoms. The molecule has 1 aliphatic rings. The Hall–Kier alpha value is -0.610. The van der Waals surface area contributed by atoms with Gasteiger partial charge in [-0.2, -0.15) is 0 Å². The Balaban J connectivity index is 2.12. The van der Waals surface area contributed by atoms with E-state index in [9.17, 15) is 0 Å². The van der Waals surface area contributed by atoms with E-state index in [-0.39, 0.29) is 0 Å². The van der Waals surface area contributed by atoms with E-state index in [1.54, 1.807) is 0 Å². The van der Waals surface area contributed by atoms with Crippen LogP contribution >= 0.6 is 11.3 Å². The maximum Gasteiger partial charge on any atom is 0.185 e. The van der Waals surface area contributed by atoms with E-state index in [2.05, 4.69) is 31.1 Å². The molecule has 102 valence electrons. The number of nitrogens with zero attached hydrogens (tertiary/aromatic N) is 2. The first-order valence-corrected chi connectivity index (χ1v) is 8.02. The van der Waals surface area contributed by atoms with E-state index in [0.717, 1.165) is 19.5 Å². The molecule has 0 radical (unpaired) electrons. The maximum atomic E-state index is 4.83. The number of aryl methyl sites for hydroxylation is 1. The first-order chi connectivity index (χ1) is 8.76. The summed E-state index contributed by atoms with van der Waals surface area (Å²) in [6.45, 7) is 6.65. The van der Waals surface area contributed by atoms with Gasteiger partial charge in [-0.25, -0.2) is 4.98 Å². The molecule has 3 nitrogen and oxygen atoms in total. The van der Waals surface area contributed by atoms with E-state index in [4.69, 9.17) is 4.98 Å². The van der Waals surface area contributed by atoms with E-state index < -0.39 is 0 Å². The van der Waals surface area contributed by atoms with Gasteiger partial charge in [0, 0.05) is 24.5 Å². The van der Waals surface area contributed by atoms with Crippen LogP contribution in [0.25, 0.3) is 0 Å². The zero-order valence-electron chi connectivity index (χ0n) is 11.8. The third kappa shape index (κ3) is 3.04. The Bertz CT molecular complexity index is 375. The fourth-order valence-electron chi connectivity index (χ4n) is 2.51. The van der Waals surface area contributed by atoms with Gasteiger partial charge in [-0.15, -0.1) is 0 Å². The van der Waals surface area contributed by atoms with Crippen LogP contribution in [0.2, 0.25) is 0 Å². The average molecular weight is 267 g/mol. The van der Waals surface area contributed by atoms with Crippen molar-refractivity contribution in [1.82, 2.24) is 10.3 Å². The molecule has 18 heavy (non-hydrogen) atoms. The highest BCUT2D eigenvalue weighted by molar-refractivity contribution is 7.15. The fourth-order valence-corrected chi connectivity index (χ4v) is 3.72. The van der Waals surface area contributed by atoms with Gasteiger partial charge in [0.2, 0.25) is 0 Å². The van der Waals surface area contributed by atoms with Crippen molar-refractivity contribution in [1.29, 1.82) is 0 Å². The van der Waals surface area contributed by atoms with E-state index in [1.165, 1.54) is 41.4 Å². The third-order valence-electron chi connectivity index (χ3n) is 3.47. The second-order valence-electron chi connectivity index (χ2n) is 5.13. The summed E-state index contributed by atoms with van der Waals surface area (Å²) >= 11 is 1.89. The van der Waals surface area contributed by atoms with Crippen molar-refractivity contribution in [3.05, 3.63) is 10.6 Å². The van der Waals surface area contributed by atoms with E-state index in [0.29, 0.717) is 6.04 Å². The highest BCUT2D eigenvalue weighted by Gasteiger charge is 2.24. The van der Waals surface area contributed by atoms with Crippen LogP contribution in [-0.4, -0.2) is 25.1 Å². The lowest BCUT2D eigenvalue weighted by atomic mass is 9.98. The summed E-state index contributed by atoms with van der Waals surface area (Å²) in [7, 11) is 2.16. The SMILES string of the molecule is CCCNC1CCCc2nc(N(C)CCC)sc21. The van der Waals surface area contributed by atoms with Gasteiger partial charge in [-0.1, -0.05) is 25.2 Å². The normalized spacial score (nSPS) is 18.7. The van der Waals surface area contributed by atoms with Crippen LogP contribution in [-0.2, 0) is 6.42 Å². The second kappa shape index (κ2) is 6.53. The van der Waals surface area contributed by atoms with Crippen molar-refractivity contribution in [3.63, 3.8) is 0 Å². The molecule has 0 aliphatic heterocycles. The number of hydrogen-bond acceptors (Lipinski definition) is 4. The standard InChI is InChI=1S/C14H25N3S/c1-4-9-15-11-7-6-8-12-13(11)18-14(16-12)17(3)10-5-2/h11,15H,4-10H2,1-3H3. The van der Waals surface area contributed by atoms with Crippen LogP contribution in [0.3, 0.4) is 0 Å². The molecule has 4 heteroatoms. The fraction of sp³-hybridized carbons (Fsp3) is 0.786. The van der Waals surface area contributed by atoms with E-state index >= 15 is 0 Å². The third-order valence-corrected chi connectivity index (χ3v) is 4.79. The van der Waals surface area contributed by atoms with Crippen molar-refractivity contribution in [2.75, 3.05) is 25.0 Å². The van der Waals surface area contributed by atoms with Gasteiger partial charge in [-0.05, 0) is 38.6 Å². The predicted molar refractivity (Wildman–Crippen MR) is 79.6 cm³/mol. The largest absolute Gasteiger partial charge is 0.351 e. The summed E-state index contributed by atoms with van der Waals surface area (Å²) in [4.78, 5) is 8.62. The van der Waals surface area contributed by atoms with Gasteiger partial charge in [0.15, 0.2) is 5.13 Å². The Kier molecular flexibility index (Phi) is 5.01. The summed E-state index contributed by atoms with van der Waals surface area (Å²) in [5.74, 6) is 0. The lowest BCUT2D eigenvalue weighted by molar-refractivity contribution is 0.464. The number of hydrogen-bond donors (Lipinski definition) is 1. The molecule has 0 saturated carbocycles. The highest BCUT2D eigenvalue weighted by Crippen LogP contribution is 2.37. The number of anilines is 1. The van der Waals surface area contributed by atoms with Gasteiger partial charge in [0.25, 0.3) is 0 Å². The van der Waals surface area contributed by atoms with Crippen LogP contribution in [0, 0.1) is 0 Å². The molecule has 1 aromatic rings. The molecule has 0 bridgehead atoms. The lowest BCUT2D eigenvalue weighted by Crippen LogP contribution is -2.24. The van der Waals surface area contributed by atoms with Crippen molar-refractivity contribution in [2.24, 2.45) is 0 Å². The molecule has 0 saturated heterocycles. The first kappa shape index (κ1) is 13.8. The molecule has 1 aromatic heterocycles. The van der Waals surface area contributed by atoms with Crippen molar-refractivity contribution in [2.45, 2.75) is 52.0 Å². The number of thiazole rings is 1. The summed E-state index contributed by atoms with van der Waals surface area (Å²) in [6, 6.07) is 0.551. The molecule has 0 fully saturated rings. The molecular weight excluding hydrogens is 242 g/mol. The maximum absolute atomic E-state index is 4.83. The highest BCUT2D eigenvalue weighted by atomic mass is 32.1. The molecular formula is C14H25N3S. The smallest absolute Gasteiger partial charge is 0.185 e. The molecule has 0 aromatic carbocycles. The summed E-state index contributed by atoms with van der Waals surface area (Å²) < 4.78 is 0. The molecule has 1 unspecified atom stereocenters. The van der Waals surface area contributed by atoms with Crippen LogP contribution in [0.5, 0.6) is 0 Å². The van der Waals surface area contributed by atoms with Gasteiger partial charge in [0.05, 0.1) is 5.69 Å². The minimum absolute atomic E-state index is 0.551. The minimum atomic E-state index is 0.551. The van der Waals surface area contributed by atoms with Gasteiger partial charge in [0.1, 0.15) is 0 Å². The Morgan fingerprint density at radius 2 is 2.22 bits per heavy atom. The summed E-state index contributed by atoms with van der Waals surface area (Å²) in [5.41, 5.74) is 1.35. The lowest BCUT2D eigenvalue weighted by Gasteiger charge is -2.22. The van der Waals surface area contributed by atoms with Gasteiger partial charge in [-0.3, -0.25) is 0 Å². The topological polar surface area (TPSA) is 28.2 Å². The van der Waals surface area contributed by atoms with Crippen molar-refractivity contribution in [3.8, 4) is 0 Å². The number of rotatable bonds is 6. The zero-order valence-corrected chi connectivity index (χ0v) is 12.6. The van der Waals surface area contributed by atoms with Crippen molar-refractivity contribution < 1.29 is 0 Å².